The molecule has 0 N–H and O–H groups in total. The summed E-state index contributed by atoms with van der Waals surface area (Å²) in [5.41, 5.74) is 1.96. The van der Waals surface area contributed by atoms with Gasteiger partial charge in [-0.3, -0.25) is 0 Å². The highest BCUT2D eigenvalue weighted by Crippen LogP contribution is 2.35. The molecule has 0 fully saturated rings. The summed E-state index contributed by atoms with van der Waals surface area (Å²) in [4.78, 5) is 29.1. The minimum absolute atomic E-state index is 0.0547. The van der Waals surface area contributed by atoms with E-state index < -0.39 is 11.9 Å². The van der Waals surface area contributed by atoms with Gasteiger partial charge in [-0.25, -0.2) is 14.6 Å². The Hall–Kier alpha value is -2.97. The highest BCUT2D eigenvalue weighted by Gasteiger charge is 2.27. The number of carbonyl (C=O) groups excluding carboxylic acids is 2. The van der Waals surface area contributed by atoms with Crippen LogP contribution in [0.3, 0.4) is 0 Å². The summed E-state index contributed by atoms with van der Waals surface area (Å²) in [7, 11) is 0. The number of aryl methyl sites for hydroxylation is 1. The summed E-state index contributed by atoms with van der Waals surface area (Å²) < 4.78 is 17.3. The summed E-state index contributed by atoms with van der Waals surface area (Å²) in [6.45, 7) is 1.93. The molecule has 150 valence electrons. The molecule has 0 unspecified atom stereocenters. The standard InChI is InChI=1S/C22H13Br2NO5/c1-12-4-6-13(7-5-12)21(26)29-19-14(9-15(23)11-16(19)24)10-17-22(27)30-20(25-17)18-3-2-8-28-18/h2-11H,1H3/b17-10+. The van der Waals surface area contributed by atoms with Crippen LogP contribution in [-0.2, 0) is 9.53 Å². The second-order valence-electron chi connectivity index (χ2n) is 6.37. The first-order valence-corrected chi connectivity index (χ1v) is 10.3. The lowest BCUT2D eigenvalue weighted by Crippen LogP contribution is -2.10. The van der Waals surface area contributed by atoms with Crippen molar-refractivity contribution in [2.75, 3.05) is 0 Å². The third kappa shape index (κ3) is 4.29. The van der Waals surface area contributed by atoms with E-state index in [-0.39, 0.29) is 17.3 Å². The largest absolute Gasteiger partial charge is 0.459 e. The molecule has 8 heteroatoms. The molecule has 0 amide bonds. The number of hydrogen-bond donors (Lipinski definition) is 0. The van der Waals surface area contributed by atoms with E-state index in [4.69, 9.17) is 13.9 Å². The van der Waals surface area contributed by atoms with Gasteiger partial charge in [-0.2, -0.15) is 0 Å². The maximum Gasteiger partial charge on any atom is 0.363 e. The number of furan rings is 1. The van der Waals surface area contributed by atoms with Gasteiger partial charge in [0.2, 0.25) is 0 Å². The zero-order valence-corrected chi connectivity index (χ0v) is 18.7. The quantitative estimate of drug-likeness (QED) is 0.246. The van der Waals surface area contributed by atoms with Crippen molar-refractivity contribution in [2.24, 2.45) is 4.99 Å². The van der Waals surface area contributed by atoms with Crippen molar-refractivity contribution in [1.29, 1.82) is 0 Å². The zero-order valence-electron chi connectivity index (χ0n) is 15.5. The summed E-state index contributed by atoms with van der Waals surface area (Å²) in [6.07, 6.45) is 2.95. The smallest absolute Gasteiger partial charge is 0.363 e. The molecule has 0 spiro atoms. The normalized spacial score (nSPS) is 14.6. The van der Waals surface area contributed by atoms with Crippen molar-refractivity contribution in [3.05, 3.63) is 91.9 Å². The number of carbonyl (C=O) groups is 2. The molecule has 0 radical (unpaired) electrons. The van der Waals surface area contributed by atoms with Crippen LogP contribution in [0.2, 0.25) is 0 Å². The number of halogens is 2. The van der Waals surface area contributed by atoms with Gasteiger partial charge in [0.1, 0.15) is 0 Å². The number of nitrogens with zero attached hydrogens (tertiary/aromatic N) is 1. The minimum Gasteiger partial charge on any atom is -0.459 e. The molecule has 2 heterocycles. The van der Waals surface area contributed by atoms with E-state index in [1.807, 2.05) is 19.1 Å². The maximum absolute atomic E-state index is 12.6. The topological polar surface area (TPSA) is 78.1 Å². The Bertz CT molecular complexity index is 1200. The molecule has 3 aromatic rings. The summed E-state index contributed by atoms with van der Waals surface area (Å²) in [6, 6.07) is 13.8. The van der Waals surface area contributed by atoms with E-state index in [1.165, 1.54) is 12.3 Å². The van der Waals surface area contributed by atoms with Crippen LogP contribution in [0.1, 0.15) is 27.2 Å². The number of rotatable bonds is 4. The molecule has 1 aromatic heterocycles. The maximum atomic E-state index is 12.6. The van der Waals surface area contributed by atoms with Gasteiger partial charge in [0.15, 0.2) is 17.2 Å². The second-order valence-corrected chi connectivity index (χ2v) is 8.14. The Kier molecular flexibility index (Phi) is 5.69. The summed E-state index contributed by atoms with van der Waals surface area (Å²) in [5, 5.41) is 0. The van der Waals surface area contributed by atoms with E-state index in [2.05, 4.69) is 36.9 Å². The predicted molar refractivity (Wildman–Crippen MR) is 117 cm³/mol. The molecule has 1 aliphatic heterocycles. The number of cyclic esters (lactones) is 1. The van der Waals surface area contributed by atoms with Gasteiger partial charge >= 0.3 is 11.9 Å². The minimum atomic E-state index is -0.631. The Morgan fingerprint density at radius 3 is 2.60 bits per heavy atom. The molecule has 0 bridgehead atoms. The Balaban J connectivity index is 1.70. The van der Waals surface area contributed by atoms with E-state index in [9.17, 15) is 9.59 Å². The van der Waals surface area contributed by atoms with Gasteiger partial charge in [0.25, 0.3) is 5.90 Å². The third-order valence-corrected chi connectivity index (χ3v) is 5.21. The highest BCUT2D eigenvalue weighted by molar-refractivity contribution is 9.11. The van der Waals surface area contributed by atoms with Crippen molar-refractivity contribution in [3.8, 4) is 5.75 Å². The highest BCUT2D eigenvalue weighted by atomic mass is 79.9. The van der Waals surface area contributed by atoms with E-state index in [1.54, 1.807) is 36.4 Å². The number of benzene rings is 2. The SMILES string of the molecule is Cc1ccc(C(=O)Oc2c(Br)cc(Br)cc2/C=C2/N=C(c3ccco3)OC2=O)cc1. The monoisotopic (exact) mass is 529 g/mol. The first-order valence-electron chi connectivity index (χ1n) is 8.75. The first kappa shape index (κ1) is 20.3. The molecule has 30 heavy (non-hydrogen) atoms. The number of ether oxygens (including phenoxy) is 2. The van der Waals surface area contributed by atoms with Crippen LogP contribution in [0.4, 0.5) is 0 Å². The molecule has 4 rings (SSSR count). The van der Waals surface area contributed by atoms with Gasteiger partial charge < -0.3 is 13.9 Å². The average molecular weight is 531 g/mol. The molecule has 0 aliphatic carbocycles. The van der Waals surface area contributed by atoms with Crippen LogP contribution >= 0.6 is 31.9 Å². The zero-order chi connectivity index (χ0) is 21.3. The van der Waals surface area contributed by atoms with Gasteiger partial charge in [0, 0.05) is 10.0 Å². The molecule has 0 atom stereocenters. The molecule has 1 aliphatic rings. The predicted octanol–water partition coefficient (Wildman–Crippen LogP) is 5.68. The first-order chi connectivity index (χ1) is 14.4. The van der Waals surface area contributed by atoms with Crippen molar-refractivity contribution < 1.29 is 23.5 Å². The van der Waals surface area contributed by atoms with Gasteiger partial charge in [0.05, 0.1) is 16.3 Å². The Morgan fingerprint density at radius 2 is 1.90 bits per heavy atom. The van der Waals surface area contributed by atoms with E-state index in [0.717, 1.165) is 10.0 Å². The lowest BCUT2D eigenvalue weighted by atomic mass is 10.1. The molecular weight excluding hydrogens is 518 g/mol. The lowest BCUT2D eigenvalue weighted by Gasteiger charge is -2.11. The van der Waals surface area contributed by atoms with Crippen molar-refractivity contribution in [2.45, 2.75) is 6.92 Å². The number of esters is 2. The van der Waals surface area contributed by atoms with E-state index in [0.29, 0.717) is 21.4 Å². The molecule has 6 nitrogen and oxygen atoms in total. The summed E-state index contributed by atoms with van der Waals surface area (Å²) >= 11 is 6.82. The third-order valence-electron chi connectivity index (χ3n) is 4.16. The van der Waals surface area contributed by atoms with Crippen molar-refractivity contribution in [1.82, 2.24) is 0 Å². The molecule has 0 saturated carbocycles. The van der Waals surface area contributed by atoms with Gasteiger partial charge in [-0.1, -0.05) is 33.6 Å². The van der Waals surface area contributed by atoms with Crippen LogP contribution in [0.5, 0.6) is 5.75 Å². The van der Waals surface area contributed by atoms with Gasteiger partial charge in [-0.05, 0) is 65.3 Å². The second kappa shape index (κ2) is 8.41. The molecular formula is C22H13Br2NO5. The fourth-order valence-electron chi connectivity index (χ4n) is 2.70. The van der Waals surface area contributed by atoms with E-state index >= 15 is 0 Å². The van der Waals surface area contributed by atoms with Gasteiger partial charge in [-0.15, -0.1) is 0 Å². The molecule has 0 saturated heterocycles. The Labute approximate surface area is 188 Å². The Morgan fingerprint density at radius 1 is 1.13 bits per heavy atom. The average Bonchev–Trinajstić information content (AvgIpc) is 3.35. The fraction of sp³-hybridized carbons (Fsp3) is 0.0455. The number of hydrogen-bond acceptors (Lipinski definition) is 6. The van der Waals surface area contributed by atoms with Crippen molar-refractivity contribution >= 4 is 55.8 Å². The lowest BCUT2D eigenvalue weighted by molar-refractivity contribution is -0.130. The van der Waals surface area contributed by atoms with Crippen LogP contribution in [0, 0.1) is 6.92 Å². The van der Waals surface area contributed by atoms with Crippen LogP contribution in [0.15, 0.2) is 78.8 Å². The van der Waals surface area contributed by atoms with Crippen LogP contribution < -0.4 is 4.74 Å². The fourth-order valence-corrected chi connectivity index (χ4v) is 4.04. The van der Waals surface area contributed by atoms with Crippen molar-refractivity contribution in [3.63, 3.8) is 0 Å². The summed E-state index contributed by atoms with van der Waals surface area (Å²) in [5.74, 6) is -0.484. The number of aliphatic imine (C=N–C) groups is 1. The molecule has 2 aromatic carbocycles. The van der Waals surface area contributed by atoms with Crippen LogP contribution in [0.25, 0.3) is 6.08 Å². The van der Waals surface area contributed by atoms with Crippen LogP contribution in [-0.4, -0.2) is 17.8 Å².